The van der Waals surface area contributed by atoms with Crippen LogP contribution in [0.1, 0.15) is 29.8 Å². The quantitative estimate of drug-likeness (QED) is 0.751. The van der Waals surface area contributed by atoms with Crippen LogP contribution < -0.4 is 10.1 Å². The maximum Gasteiger partial charge on any atom is 0.342 e. The lowest BCUT2D eigenvalue weighted by Crippen LogP contribution is -2.33. The zero-order valence-electron chi connectivity index (χ0n) is 12.3. The van der Waals surface area contributed by atoms with Crippen LogP contribution in [0, 0.1) is 5.92 Å². The summed E-state index contributed by atoms with van der Waals surface area (Å²) in [6, 6.07) is 5.38. The third-order valence-corrected chi connectivity index (χ3v) is 3.04. The van der Waals surface area contributed by atoms with Crippen LogP contribution in [0.4, 0.5) is 0 Å². The second-order valence-corrected chi connectivity index (χ2v) is 5.38. The van der Waals surface area contributed by atoms with Gasteiger partial charge in [-0.05, 0) is 18.5 Å². The highest BCUT2D eigenvalue weighted by Crippen LogP contribution is 2.28. The Kier molecular flexibility index (Phi) is 6.95. The van der Waals surface area contributed by atoms with E-state index in [9.17, 15) is 9.90 Å². The van der Waals surface area contributed by atoms with E-state index in [-0.39, 0.29) is 25.0 Å². The number of hydrogen-bond acceptors (Lipinski definition) is 5. The molecule has 5 nitrogen and oxygen atoms in total. The Morgan fingerprint density at radius 3 is 2.86 bits per heavy atom. The monoisotopic (exact) mass is 315 g/mol. The summed E-state index contributed by atoms with van der Waals surface area (Å²) in [7, 11) is 0. The maximum absolute atomic E-state index is 11.6. The highest BCUT2D eigenvalue weighted by Gasteiger charge is 2.25. The first kappa shape index (κ1) is 17.8. The summed E-state index contributed by atoms with van der Waals surface area (Å²) in [4.78, 5) is 11.6. The van der Waals surface area contributed by atoms with Gasteiger partial charge in [0.2, 0.25) is 0 Å². The molecule has 118 valence electrons. The summed E-state index contributed by atoms with van der Waals surface area (Å²) in [6.45, 7) is 5.98. The number of cyclic esters (lactones) is 1. The molecule has 0 bridgehead atoms. The Morgan fingerprint density at radius 2 is 2.14 bits per heavy atom. The first-order chi connectivity index (χ1) is 9.58. The number of halogens is 1. The summed E-state index contributed by atoms with van der Waals surface area (Å²) in [5.41, 5.74) is 1.31. The molecule has 1 aromatic carbocycles. The second-order valence-electron chi connectivity index (χ2n) is 5.38. The lowest BCUT2D eigenvalue weighted by atomic mass is 10.1. The topological polar surface area (TPSA) is 67.8 Å². The molecule has 1 unspecified atom stereocenters. The van der Waals surface area contributed by atoms with Gasteiger partial charge in [0, 0.05) is 12.1 Å². The van der Waals surface area contributed by atoms with Gasteiger partial charge in [-0.25, -0.2) is 4.79 Å². The highest BCUT2D eigenvalue weighted by atomic mass is 35.5. The van der Waals surface area contributed by atoms with Gasteiger partial charge in [-0.2, -0.15) is 0 Å². The molecule has 0 aliphatic carbocycles. The van der Waals surface area contributed by atoms with Crippen LogP contribution in [0.2, 0.25) is 0 Å². The molecule has 0 fully saturated rings. The van der Waals surface area contributed by atoms with Crippen molar-refractivity contribution in [1.29, 1.82) is 0 Å². The van der Waals surface area contributed by atoms with Crippen LogP contribution in [-0.4, -0.2) is 36.9 Å². The van der Waals surface area contributed by atoms with Gasteiger partial charge in [-0.15, -0.1) is 12.4 Å². The molecule has 0 radical (unpaired) electrons. The van der Waals surface area contributed by atoms with Crippen molar-refractivity contribution < 1.29 is 19.4 Å². The van der Waals surface area contributed by atoms with Gasteiger partial charge >= 0.3 is 5.97 Å². The molecule has 0 saturated carbocycles. The van der Waals surface area contributed by atoms with E-state index in [1.54, 1.807) is 6.07 Å². The SMILES string of the molecule is CC(C)CNCC(O)COc1cccc2c1C(=O)OC2.Cl. The number of carbonyl (C=O) groups is 1. The molecule has 2 N–H and O–H groups in total. The van der Waals surface area contributed by atoms with Crippen molar-refractivity contribution in [2.24, 2.45) is 5.92 Å². The van der Waals surface area contributed by atoms with Crippen LogP contribution >= 0.6 is 12.4 Å². The van der Waals surface area contributed by atoms with Crippen LogP contribution in [0.15, 0.2) is 18.2 Å². The van der Waals surface area contributed by atoms with Crippen molar-refractivity contribution in [3.63, 3.8) is 0 Å². The Balaban J connectivity index is 0.00000220. The minimum atomic E-state index is -0.609. The van der Waals surface area contributed by atoms with Crippen molar-refractivity contribution in [2.45, 2.75) is 26.6 Å². The molecule has 1 heterocycles. The number of rotatable bonds is 7. The van der Waals surface area contributed by atoms with E-state index in [0.29, 0.717) is 30.4 Å². The minimum absolute atomic E-state index is 0. The minimum Gasteiger partial charge on any atom is -0.490 e. The summed E-state index contributed by atoms with van der Waals surface area (Å²) in [6.07, 6.45) is -0.609. The van der Waals surface area contributed by atoms with E-state index in [1.807, 2.05) is 12.1 Å². The second kappa shape index (κ2) is 8.22. The molecular weight excluding hydrogens is 294 g/mol. The Hall–Kier alpha value is -1.30. The fraction of sp³-hybridized carbons (Fsp3) is 0.533. The molecule has 6 heteroatoms. The normalized spacial score (nSPS) is 14.4. The van der Waals surface area contributed by atoms with E-state index >= 15 is 0 Å². The molecule has 0 spiro atoms. The highest BCUT2D eigenvalue weighted by molar-refractivity contribution is 5.96. The lowest BCUT2D eigenvalue weighted by molar-refractivity contribution is 0.0528. The average molecular weight is 316 g/mol. The summed E-state index contributed by atoms with van der Waals surface area (Å²) >= 11 is 0. The van der Waals surface area contributed by atoms with Gasteiger partial charge in [-0.1, -0.05) is 26.0 Å². The number of nitrogens with one attached hydrogen (secondary N) is 1. The van der Waals surface area contributed by atoms with E-state index in [1.165, 1.54) is 0 Å². The molecule has 0 aromatic heterocycles. The molecule has 2 rings (SSSR count). The molecule has 21 heavy (non-hydrogen) atoms. The number of aliphatic hydroxyl groups is 1. The number of aliphatic hydroxyl groups excluding tert-OH is 1. The van der Waals surface area contributed by atoms with E-state index in [4.69, 9.17) is 9.47 Å². The largest absolute Gasteiger partial charge is 0.490 e. The molecular formula is C15H22ClNO4. The predicted molar refractivity (Wildman–Crippen MR) is 82.0 cm³/mol. The van der Waals surface area contributed by atoms with Gasteiger partial charge in [0.05, 0.1) is 0 Å². The van der Waals surface area contributed by atoms with Crippen LogP contribution in [0.3, 0.4) is 0 Å². The van der Waals surface area contributed by atoms with Gasteiger partial charge in [0.15, 0.2) is 0 Å². The van der Waals surface area contributed by atoms with Gasteiger partial charge in [-0.3, -0.25) is 0 Å². The summed E-state index contributed by atoms with van der Waals surface area (Å²) < 4.78 is 10.5. The number of carbonyl (C=O) groups excluding carboxylic acids is 1. The number of hydrogen-bond donors (Lipinski definition) is 2. The van der Waals surface area contributed by atoms with Crippen LogP contribution in [0.25, 0.3) is 0 Å². The summed E-state index contributed by atoms with van der Waals surface area (Å²) in [5, 5.41) is 13.0. The van der Waals surface area contributed by atoms with Crippen molar-refractivity contribution in [1.82, 2.24) is 5.32 Å². The third kappa shape index (κ3) is 4.88. The standard InChI is InChI=1S/C15H21NO4.ClH/c1-10(2)6-16-7-12(17)9-19-13-5-3-4-11-8-20-15(18)14(11)13;/h3-5,10,12,16-17H,6-9H2,1-2H3;1H. The van der Waals surface area contributed by atoms with Gasteiger partial charge in [0.25, 0.3) is 0 Å². The fourth-order valence-corrected chi connectivity index (χ4v) is 2.05. The fourth-order valence-electron chi connectivity index (χ4n) is 2.05. The van der Waals surface area contributed by atoms with Gasteiger partial charge in [0.1, 0.15) is 30.6 Å². The Bertz CT molecular complexity index is 479. The summed E-state index contributed by atoms with van der Waals surface area (Å²) in [5.74, 6) is 0.659. The first-order valence-corrected chi connectivity index (χ1v) is 6.88. The number of esters is 1. The third-order valence-electron chi connectivity index (χ3n) is 3.04. The zero-order chi connectivity index (χ0) is 14.5. The Morgan fingerprint density at radius 1 is 1.38 bits per heavy atom. The predicted octanol–water partition coefficient (Wildman–Crippen LogP) is 1.76. The molecule has 1 aromatic rings. The lowest BCUT2D eigenvalue weighted by Gasteiger charge is -2.15. The maximum atomic E-state index is 11.6. The average Bonchev–Trinajstić information content (AvgIpc) is 2.78. The number of fused-ring (bicyclic) bond motifs is 1. The van der Waals surface area contributed by atoms with Crippen molar-refractivity contribution in [3.8, 4) is 5.75 Å². The van der Waals surface area contributed by atoms with E-state index in [2.05, 4.69) is 19.2 Å². The molecule has 1 aliphatic rings. The Labute approximate surface area is 131 Å². The molecule has 1 aliphatic heterocycles. The van der Waals surface area contributed by atoms with Crippen molar-refractivity contribution >= 4 is 18.4 Å². The molecule has 0 saturated heterocycles. The molecule has 0 amide bonds. The smallest absolute Gasteiger partial charge is 0.342 e. The van der Waals surface area contributed by atoms with Crippen molar-refractivity contribution in [2.75, 3.05) is 19.7 Å². The van der Waals surface area contributed by atoms with E-state index in [0.717, 1.165) is 12.1 Å². The zero-order valence-corrected chi connectivity index (χ0v) is 13.1. The van der Waals surface area contributed by atoms with Gasteiger partial charge < -0.3 is 19.9 Å². The number of ether oxygens (including phenoxy) is 2. The van der Waals surface area contributed by atoms with Crippen LogP contribution in [-0.2, 0) is 11.3 Å². The van der Waals surface area contributed by atoms with E-state index < -0.39 is 6.10 Å². The number of benzene rings is 1. The van der Waals surface area contributed by atoms with Crippen molar-refractivity contribution in [3.05, 3.63) is 29.3 Å². The molecule has 1 atom stereocenters. The first-order valence-electron chi connectivity index (χ1n) is 6.88. The van der Waals surface area contributed by atoms with Crippen LogP contribution in [0.5, 0.6) is 5.75 Å².